The quantitative estimate of drug-likeness (QED) is 0.315. The van der Waals surface area contributed by atoms with Crippen LogP contribution in [0.5, 0.6) is 0 Å². The van der Waals surface area contributed by atoms with E-state index in [1.54, 1.807) is 5.48 Å². The fraction of sp³-hybridized carbons (Fsp3) is 0.857. The van der Waals surface area contributed by atoms with Crippen LogP contribution in [0.4, 0.5) is 0 Å². The largest absolute Gasteiger partial charge is 0.378 e. The van der Waals surface area contributed by atoms with Gasteiger partial charge in [-0.15, -0.1) is 0 Å². The predicted molar refractivity (Wildman–Crippen MR) is 45.0 cm³/mol. The molecule has 0 aromatic carbocycles. The van der Waals surface area contributed by atoms with E-state index in [2.05, 4.69) is 4.99 Å². The summed E-state index contributed by atoms with van der Waals surface area (Å²) in [5.74, 6) is 0.0787. The zero-order valence-electron chi connectivity index (χ0n) is 7.16. The first-order chi connectivity index (χ1) is 5.76. The number of rotatable bonds is 3. The van der Waals surface area contributed by atoms with E-state index in [0.29, 0.717) is 6.10 Å². The Morgan fingerprint density at radius 1 is 1.75 bits per heavy atom. The minimum absolute atomic E-state index is 0.0787. The first-order valence-corrected chi connectivity index (χ1v) is 4.11. The first kappa shape index (κ1) is 9.28. The highest BCUT2D eigenvalue weighted by atomic mass is 16.5. The maximum absolute atomic E-state index is 8.34. The molecule has 1 aliphatic rings. The van der Waals surface area contributed by atoms with Crippen LogP contribution in [0.15, 0.2) is 4.99 Å². The lowest BCUT2D eigenvalue weighted by atomic mass is 9.90. The molecule has 0 aromatic heterocycles. The van der Waals surface area contributed by atoms with Crippen LogP contribution in [0.25, 0.3) is 0 Å². The minimum atomic E-state index is 0.0787. The van der Waals surface area contributed by atoms with Gasteiger partial charge in [0.25, 0.3) is 0 Å². The zero-order valence-corrected chi connectivity index (χ0v) is 7.16. The second kappa shape index (κ2) is 4.27. The third-order valence-electron chi connectivity index (χ3n) is 1.91. The molecule has 1 saturated carbocycles. The summed E-state index contributed by atoms with van der Waals surface area (Å²) in [6.07, 6.45) is 2.13. The van der Waals surface area contributed by atoms with Crippen LogP contribution in [0.2, 0.25) is 0 Å². The molecule has 4 N–H and O–H groups in total. The van der Waals surface area contributed by atoms with Crippen molar-refractivity contribution in [1.29, 1.82) is 0 Å². The van der Waals surface area contributed by atoms with Crippen LogP contribution < -0.4 is 11.2 Å². The van der Waals surface area contributed by atoms with E-state index in [0.717, 1.165) is 19.4 Å². The summed E-state index contributed by atoms with van der Waals surface area (Å²) in [5.41, 5.74) is 7.05. The van der Waals surface area contributed by atoms with E-state index in [-0.39, 0.29) is 12.0 Å². The number of aliphatic imine (C=N–C) groups is 1. The first-order valence-electron chi connectivity index (χ1n) is 4.11. The Kier molecular flexibility index (Phi) is 3.31. The van der Waals surface area contributed by atoms with Gasteiger partial charge in [0, 0.05) is 6.61 Å². The van der Waals surface area contributed by atoms with Crippen molar-refractivity contribution < 1.29 is 9.94 Å². The van der Waals surface area contributed by atoms with Crippen molar-refractivity contribution in [3.05, 3.63) is 0 Å². The Balaban J connectivity index is 2.17. The molecule has 0 saturated heterocycles. The van der Waals surface area contributed by atoms with Crippen LogP contribution in [-0.4, -0.2) is 29.9 Å². The van der Waals surface area contributed by atoms with Gasteiger partial charge in [-0.1, -0.05) is 0 Å². The monoisotopic (exact) mass is 173 g/mol. The van der Waals surface area contributed by atoms with Crippen molar-refractivity contribution in [3.8, 4) is 0 Å². The number of hydrogen-bond acceptors (Lipinski definition) is 3. The van der Waals surface area contributed by atoms with Crippen LogP contribution in [0, 0.1) is 0 Å². The number of nitrogens with two attached hydrogens (primary N) is 1. The van der Waals surface area contributed by atoms with E-state index < -0.39 is 0 Å². The molecule has 0 amide bonds. The molecule has 5 nitrogen and oxygen atoms in total. The molecule has 0 heterocycles. The van der Waals surface area contributed by atoms with Gasteiger partial charge in [-0.2, -0.15) is 0 Å². The standard InChI is InChI=1S/C7H15N3O2/c1-2-12-6-3-5(4-6)9-7(8)10-11/h5-6,11H,2-4H2,1H3,(H3,8,9,10). The van der Waals surface area contributed by atoms with E-state index in [4.69, 9.17) is 15.7 Å². The molecule has 1 fully saturated rings. The second-order valence-electron chi connectivity index (χ2n) is 2.83. The molecule has 1 aliphatic carbocycles. The van der Waals surface area contributed by atoms with Crippen LogP contribution in [0.1, 0.15) is 19.8 Å². The zero-order chi connectivity index (χ0) is 8.97. The number of guanidine groups is 1. The molecule has 0 aromatic rings. The average Bonchev–Trinajstić information content (AvgIpc) is 2.00. The Hall–Kier alpha value is -0.810. The molecule has 70 valence electrons. The molecular weight excluding hydrogens is 158 g/mol. The van der Waals surface area contributed by atoms with Crippen molar-refractivity contribution >= 4 is 5.96 Å². The van der Waals surface area contributed by atoms with Crippen LogP contribution in [-0.2, 0) is 4.74 Å². The number of hydroxylamine groups is 1. The molecule has 1 rings (SSSR count). The lowest BCUT2D eigenvalue weighted by Crippen LogP contribution is -2.38. The summed E-state index contributed by atoms with van der Waals surface area (Å²) in [6, 6.07) is 0.209. The second-order valence-corrected chi connectivity index (χ2v) is 2.83. The number of hydrogen-bond donors (Lipinski definition) is 3. The van der Waals surface area contributed by atoms with Gasteiger partial charge < -0.3 is 10.5 Å². The summed E-state index contributed by atoms with van der Waals surface area (Å²) in [7, 11) is 0. The Labute approximate surface area is 71.6 Å². The van der Waals surface area contributed by atoms with Gasteiger partial charge >= 0.3 is 0 Å². The van der Waals surface area contributed by atoms with Crippen molar-refractivity contribution in [2.45, 2.75) is 31.9 Å². The number of nitrogens with one attached hydrogen (secondary N) is 1. The van der Waals surface area contributed by atoms with E-state index in [1.807, 2.05) is 6.92 Å². The van der Waals surface area contributed by atoms with Gasteiger partial charge in [-0.3, -0.25) is 5.21 Å². The SMILES string of the molecule is CCOC1CC(N=C(N)NO)C1. The molecule has 5 heteroatoms. The molecule has 0 aliphatic heterocycles. The summed E-state index contributed by atoms with van der Waals surface area (Å²) >= 11 is 0. The van der Waals surface area contributed by atoms with Gasteiger partial charge in [-0.25, -0.2) is 10.5 Å². The fourth-order valence-corrected chi connectivity index (χ4v) is 1.24. The molecule has 0 radical (unpaired) electrons. The van der Waals surface area contributed by atoms with E-state index >= 15 is 0 Å². The lowest BCUT2D eigenvalue weighted by Gasteiger charge is -2.32. The highest BCUT2D eigenvalue weighted by molar-refractivity contribution is 5.76. The number of nitrogens with zero attached hydrogens (tertiary/aromatic N) is 1. The fourth-order valence-electron chi connectivity index (χ4n) is 1.24. The highest BCUT2D eigenvalue weighted by Gasteiger charge is 2.29. The maximum Gasteiger partial charge on any atom is 0.213 e. The van der Waals surface area contributed by atoms with Crippen LogP contribution in [0.3, 0.4) is 0 Å². The van der Waals surface area contributed by atoms with Crippen LogP contribution >= 0.6 is 0 Å². The van der Waals surface area contributed by atoms with Gasteiger partial charge in [0.05, 0.1) is 12.1 Å². The van der Waals surface area contributed by atoms with Crippen molar-refractivity contribution in [3.63, 3.8) is 0 Å². The average molecular weight is 173 g/mol. The molecule has 0 unspecified atom stereocenters. The molecular formula is C7H15N3O2. The Morgan fingerprint density at radius 3 is 2.92 bits per heavy atom. The van der Waals surface area contributed by atoms with E-state index in [9.17, 15) is 0 Å². The third kappa shape index (κ3) is 2.35. The summed E-state index contributed by atoms with van der Waals surface area (Å²) < 4.78 is 5.33. The van der Waals surface area contributed by atoms with Crippen molar-refractivity contribution in [2.24, 2.45) is 10.7 Å². The van der Waals surface area contributed by atoms with Crippen molar-refractivity contribution in [2.75, 3.05) is 6.61 Å². The summed E-state index contributed by atoms with van der Waals surface area (Å²) in [5, 5.41) is 8.34. The molecule has 0 spiro atoms. The summed E-state index contributed by atoms with van der Waals surface area (Å²) in [6.45, 7) is 2.72. The lowest BCUT2D eigenvalue weighted by molar-refractivity contribution is -0.000961. The topological polar surface area (TPSA) is 79.9 Å². The predicted octanol–water partition coefficient (Wildman–Crippen LogP) is -0.153. The summed E-state index contributed by atoms with van der Waals surface area (Å²) in [4.78, 5) is 3.99. The molecule has 0 atom stereocenters. The normalized spacial score (nSPS) is 29.7. The Bertz CT molecular complexity index is 166. The third-order valence-corrected chi connectivity index (χ3v) is 1.91. The Morgan fingerprint density at radius 2 is 2.42 bits per heavy atom. The van der Waals surface area contributed by atoms with Gasteiger partial charge in [0.1, 0.15) is 0 Å². The smallest absolute Gasteiger partial charge is 0.213 e. The molecule has 0 bridgehead atoms. The van der Waals surface area contributed by atoms with Gasteiger partial charge in [0.2, 0.25) is 5.96 Å². The van der Waals surface area contributed by atoms with E-state index in [1.165, 1.54) is 0 Å². The molecule has 12 heavy (non-hydrogen) atoms. The number of ether oxygens (including phenoxy) is 1. The van der Waals surface area contributed by atoms with Gasteiger partial charge in [0.15, 0.2) is 0 Å². The van der Waals surface area contributed by atoms with Gasteiger partial charge in [-0.05, 0) is 19.8 Å². The highest BCUT2D eigenvalue weighted by Crippen LogP contribution is 2.25. The maximum atomic E-state index is 8.34. The van der Waals surface area contributed by atoms with Crippen molar-refractivity contribution in [1.82, 2.24) is 5.48 Å². The minimum Gasteiger partial charge on any atom is -0.378 e.